The van der Waals surface area contributed by atoms with E-state index in [2.05, 4.69) is 10.3 Å². The lowest BCUT2D eigenvalue weighted by atomic mass is 10.2. The molecule has 17 heavy (non-hydrogen) atoms. The summed E-state index contributed by atoms with van der Waals surface area (Å²) in [6.07, 6.45) is 1.68. The highest BCUT2D eigenvalue weighted by atomic mass is 19.2. The highest BCUT2D eigenvalue weighted by molar-refractivity contribution is 5.43. The second-order valence-corrected chi connectivity index (χ2v) is 3.77. The second kappa shape index (κ2) is 4.91. The van der Waals surface area contributed by atoms with Gasteiger partial charge in [-0.3, -0.25) is 0 Å². The van der Waals surface area contributed by atoms with Crippen LogP contribution in [0.1, 0.15) is 11.1 Å². The smallest absolute Gasteiger partial charge is 0.159 e. The molecular formula is C13H12F2N2. The topological polar surface area (TPSA) is 24.9 Å². The molecule has 1 heterocycles. The number of benzene rings is 1. The summed E-state index contributed by atoms with van der Waals surface area (Å²) in [4.78, 5) is 4.15. The Bertz CT molecular complexity index is 527. The van der Waals surface area contributed by atoms with E-state index in [-0.39, 0.29) is 0 Å². The number of hydrogen-bond acceptors (Lipinski definition) is 2. The fraction of sp³-hybridized carbons (Fsp3) is 0.154. The molecule has 0 saturated heterocycles. The van der Waals surface area contributed by atoms with E-state index < -0.39 is 11.6 Å². The standard InChI is InChI=1S/C13H12F2N2/c1-9-3-2-6-16-13(9)17-8-10-4-5-11(14)12(15)7-10/h2-7H,8H2,1H3,(H,16,17). The molecule has 0 saturated carbocycles. The Kier molecular flexibility index (Phi) is 3.32. The Labute approximate surface area is 98.3 Å². The van der Waals surface area contributed by atoms with Crippen LogP contribution in [-0.4, -0.2) is 4.98 Å². The molecule has 0 radical (unpaired) electrons. The zero-order valence-electron chi connectivity index (χ0n) is 9.37. The Balaban J connectivity index is 2.08. The molecule has 0 amide bonds. The summed E-state index contributed by atoms with van der Waals surface area (Å²) in [5, 5.41) is 3.08. The summed E-state index contributed by atoms with van der Waals surface area (Å²) in [7, 11) is 0. The Morgan fingerprint density at radius 2 is 2.00 bits per heavy atom. The fourth-order valence-corrected chi connectivity index (χ4v) is 1.51. The average molecular weight is 234 g/mol. The SMILES string of the molecule is Cc1cccnc1NCc1ccc(F)c(F)c1. The molecule has 1 aromatic carbocycles. The molecule has 0 fully saturated rings. The Hall–Kier alpha value is -1.97. The molecular weight excluding hydrogens is 222 g/mol. The predicted molar refractivity (Wildman–Crippen MR) is 62.7 cm³/mol. The lowest BCUT2D eigenvalue weighted by Gasteiger charge is -2.08. The summed E-state index contributed by atoms with van der Waals surface area (Å²) < 4.78 is 25.7. The van der Waals surface area contributed by atoms with Gasteiger partial charge in [-0.15, -0.1) is 0 Å². The number of anilines is 1. The monoisotopic (exact) mass is 234 g/mol. The lowest BCUT2D eigenvalue weighted by Crippen LogP contribution is -2.03. The zero-order valence-corrected chi connectivity index (χ0v) is 9.37. The molecule has 88 valence electrons. The van der Waals surface area contributed by atoms with E-state index in [1.165, 1.54) is 6.07 Å². The summed E-state index contributed by atoms with van der Waals surface area (Å²) >= 11 is 0. The van der Waals surface area contributed by atoms with Gasteiger partial charge < -0.3 is 5.32 Å². The first-order valence-corrected chi connectivity index (χ1v) is 5.26. The van der Waals surface area contributed by atoms with E-state index in [1.54, 1.807) is 12.3 Å². The number of rotatable bonds is 3. The molecule has 1 N–H and O–H groups in total. The molecule has 0 aliphatic heterocycles. The van der Waals surface area contributed by atoms with E-state index >= 15 is 0 Å². The molecule has 0 bridgehead atoms. The van der Waals surface area contributed by atoms with Crippen LogP contribution in [0.15, 0.2) is 36.5 Å². The quantitative estimate of drug-likeness (QED) is 0.881. The average Bonchev–Trinajstić information content (AvgIpc) is 2.32. The molecule has 0 atom stereocenters. The van der Waals surface area contributed by atoms with Gasteiger partial charge in [0.25, 0.3) is 0 Å². The maximum Gasteiger partial charge on any atom is 0.159 e. The van der Waals surface area contributed by atoms with Gasteiger partial charge in [-0.2, -0.15) is 0 Å². The van der Waals surface area contributed by atoms with E-state index in [9.17, 15) is 8.78 Å². The van der Waals surface area contributed by atoms with Gasteiger partial charge in [0.05, 0.1) is 0 Å². The van der Waals surface area contributed by atoms with Gasteiger partial charge >= 0.3 is 0 Å². The lowest BCUT2D eigenvalue weighted by molar-refractivity contribution is 0.507. The molecule has 0 spiro atoms. The van der Waals surface area contributed by atoms with Gasteiger partial charge in [-0.1, -0.05) is 12.1 Å². The van der Waals surface area contributed by atoms with Gasteiger partial charge in [0.15, 0.2) is 11.6 Å². The third kappa shape index (κ3) is 2.78. The van der Waals surface area contributed by atoms with E-state index in [0.29, 0.717) is 12.1 Å². The van der Waals surface area contributed by atoms with Gasteiger partial charge in [-0.25, -0.2) is 13.8 Å². The van der Waals surface area contributed by atoms with Gasteiger partial charge in [0.1, 0.15) is 5.82 Å². The highest BCUT2D eigenvalue weighted by Gasteiger charge is 2.03. The molecule has 2 rings (SSSR count). The van der Waals surface area contributed by atoms with Crippen molar-refractivity contribution >= 4 is 5.82 Å². The van der Waals surface area contributed by atoms with Crippen molar-refractivity contribution in [2.24, 2.45) is 0 Å². The minimum absolute atomic E-state index is 0.412. The van der Waals surface area contributed by atoms with Gasteiger partial charge in [0, 0.05) is 12.7 Å². The summed E-state index contributed by atoms with van der Waals surface area (Å²) in [5.41, 5.74) is 1.68. The maximum absolute atomic E-state index is 13.0. The Morgan fingerprint density at radius 1 is 1.18 bits per heavy atom. The van der Waals surface area contributed by atoms with Crippen LogP contribution < -0.4 is 5.32 Å². The zero-order chi connectivity index (χ0) is 12.3. The summed E-state index contributed by atoms with van der Waals surface area (Å²) in [5.74, 6) is -0.915. The number of pyridine rings is 1. The number of hydrogen-bond donors (Lipinski definition) is 1. The van der Waals surface area contributed by atoms with E-state index in [0.717, 1.165) is 17.4 Å². The fourth-order valence-electron chi connectivity index (χ4n) is 1.51. The molecule has 2 aromatic rings. The van der Waals surface area contributed by atoms with Crippen LogP contribution in [0.4, 0.5) is 14.6 Å². The van der Waals surface area contributed by atoms with Crippen LogP contribution in [0.2, 0.25) is 0 Å². The minimum atomic E-state index is -0.831. The van der Waals surface area contributed by atoms with Crippen LogP contribution in [-0.2, 0) is 6.54 Å². The second-order valence-electron chi connectivity index (χ2n) is 3.77. The predicted octanol–water partition coefficient (Wildman–Crippen LogP) is 3.28. The van der Waals surface area contributed by atoms with E-state index in [1.807, 2.05) is 19.1 Å². The normalized spacial score (nSPS) is 10.3. The van der Waals surface area contributed by atoms with Crippen LogP contribution in [0.3, 0.4) is 0 Å². The minimum Gasteiger partial charge on any atom is -0.366 e. The third-order valence-corrected chi connectivity index (χ3v) is 2.45. The maximum atomic E-state index is 13.0. The van der Waals surface area contributed by atoms with Crippen molar-refractivity contribution in [3.63, 3.8) is 0 Å². The molecule has 1 aromatic heterocycles. The Morgan fingerprint density at radius 3 is 2.71 bits per heavy atom. The molecule has 0 unspecified atom stereocenters. The van der Waals surface area contributed by atoms with E-state index in [4.69, 9.17) is 0 Å². The number of aromatic nitrogens is 1. The van der Waals surface area contributed by atoms with Crippen molar-refractivity contribution in [3.8, 4) is 0 Å². The number of nitrogens with zero attached hydrogens (tertiary/aromatic N) is 1. The first-order chi connectivity index (χ1) is 8.16. The van der Waals surface area contributed by atoms with Crippen molar-refractivity contribution in [1.82, 2.24) is 4.98 Å². The third-order valence-electron chi connectivity index (χ3n) is 2.45. The van der Waals surface area contributed by atoms with Crippen molar-refractivity contribution in [3.05, 3.63) is 59.3 Å². The molecule has 0 aliphatic carbocycles. The molecule has 4 heteroatoms. The number of halogens is 2. The number of nitrogens with one attached hydrogen (secondary N) is 1. The van der Waals surface area contributed by atoms with Crippen molar-refractivity contribution < 1.29 is 8.78 Å². The summed E-state index contributed by atoms with van der Waals surface area (Å²) in [6, 6.07) is 7.63. The molecule has 2 nitrogen and oxygen atoms in total. The van der Waals surface area contributed by atoms with Gasteiger partial charge in [0.2, 0.25) is 0 Å². The first-order valence-electron chi connectivity index (χ1n) is 5.26. The molecule has 0 aliphatic rings. The first kappa shape index (κ1) is 11.5. The van der Waals surface area contributed by atoms with Crippen molar-refractivity contribution in [2.75, 3.05) is 5.32 Å². The number of aryl methyl sites for hydroxylation is 1. The van der Waals surface area contributed by atoms with Gasteiger partial charge in [-0.05, 0) is 36.2 Å². The van der Waals surface area contributed by atoms with Crippen molar-refractivity contribution in [2.45, 2.75) is 13.5 Å². The largest absolute Gasteiger partial charge is 0.366 e. The highest BCUT2D eigenvalue weighted by Crippen LogP contribution is 2.13. The van der Waals surface area contributed by atoms with Crippen LogP contribution in [0, 0.1) is 18.6 Å². The summed E-state index contributed by atoms with van der Waals surface area (Å²) in [6.45, 7) is 2.34. The van der Waals surface area contributed by atoms with Crippen LogP contribution in [0.25, 0.3) is 0 Å². The van der Waals surface area contributed by atoms with Crippen LogP contribution in [0.5, 0.6) is 0 Å². The van der Waals surface area contributed by atoms with Crippen LogP contribution >= 0.6 is 0 Å². The van der Waals surface area contributed by atoms with Crippen molar-refractivity contribution in [1.29, 1.82) is 0 Å².